The number of fused-ring (bicyclic) bond motifs is 1. The number of aryl methyl sites for hydroxylation is 1. The van der Waals surface area contributed by atoms with Crippen molar-refractivity contribution in [2.45, 2.75) is 6.92 Å². The average molecular weight is 294 g/mol. The maximum atomic E-state index is 4.55. The van der Waals surface area contributed by atoms with Gasteiger partial charge in [-0.15, -0.1) is 11.3 Å². The van der Waals surface area contributed by atoms with Crippen molar-refractivity contribution in [1.29, 1.82) is 0 Å². The predicted octanol–water partition coefficient (Wildman–Crippen LogP) is 3.53. The summed E-state index contributed by atoms with van der Waals surface area (Å²) in [4.78, 5) is 8.80. The Bertz CT molecular complexity index is 604. The van der Waals surface area contributed by atoms with Gasteiger partial charge in [0, 0.05) is 28.4 Å². The van der Waals surface area contributed by atoms with E-state index in [2.05, 4.69) is 38.9 Å². The third kappa shape index (κ3) is 1.56. The number of hydrogen-bond donors (Lipinski definition) is 0. The molecule has 3 aromatic heterocycles. The molecule has 0 N–H and O–H groups in total. The molecule has 3 rings (SSSR count). The minimum atomic E-state index is 0.924. The van der Waals surface area contributed by atoms with Gasteiger partial charge in [-0.3, -0.25) is 0 Å². The molecule has 16 heavy (non-hydrogen) atoms. The minimum absolute atomic E-state index is 0.924. The SMILES string of the molecule is Cc1cc2nc(-c3nccs3)cn2cc1Br. The van der Waals surface area contributed by atoms with Gasteiger partial charge >= 0.3 is 0 Å². The quantitative estimate of drug-likeness (QED) is 0.687. The molecule has 3 heterocycles. The summed E-state index contributed by atoms with van der Waals surface area (Å²) in [6.07, 6.45) is 5.82. The molecule has 0 radical (unpaired) electrons. The van der Waals surface area contributed by atoms with E-state index in [1.54, 1.807) is 17.5 Å². The first-order valence-electron chi connectivity index (χ1n) is 4.79. The van der Waals surface area contributed by atoms with Crippen molar-refractivity contribution in [3.05, 3.63) is 40.1 Å². The van der Waals surface area contributed by atoms with E-state index in [-0.39, 0.29) is 0 Å². The van der Waals surface area contributed by atoms with E-state index in [9.17, 15) is 0 Å². The molecule has 0 aliphatic heterocycles. The Morgan fingerprint density at radius 3 is 3.00 bits per heavy atom. The fraction of sp³-hybridized carbons (Fsp3) is 0.0909. The molecule has 0 aliphatic carbocycles. The standard InChI is InChI=1S/C11H8BrN3S/c1-7-4-10-14-9(11-13-2-3-16-11)6-15(10)5-8(7)12/h2-6H,1H3. The molecular weight excluding hydrogens is 286 g/mol. The largest absolute Gasteiger partial charge is 0.305 e. The lowest BCUT2D eigenvalue weighted by atomic mass is 10.3. The predicted molar refractivity (Wildman–Crippen MR) is 68.7 cm³/mol. The zero-order valence-corrected chi connectivity index (χ0v) is 10.9. The van der Waals surface area contributed by atoms with E-state index >= 15 is 0 Å². The Morgan fingerprint density at radius 1 is 1.38 bits per heavy atom. The van der Waals surface area contributed by atoms with Crippen LogP contribution >= 0.6 is 27.3 Å². The van der Waals surface area contributed by atoms with Crippen molar-refractivity contribution < 1.29 is 0 Å². The third-order valence-corrected chi connectivity index (χ3v) is 4.01. The van der Waals surface area contributed by atoms with Gasteiger partial charge < -0.3 is 4.40 Å². The van der Waals surface area contributed by atoms with Crippen molar-refractivity contribution in [2.75, 3.05) is 0 Å². The number of pyridine rings is 1. The second kappa shape index (κ2) is 3.68. The van der Waals surface area contributed by atoms with Gasteiger partial charge in [0.2, 0.25) is 0 Å². The van der Waals surface area contributed by atoms with Gasteiger partial charge in [0.25, 0.3) is 0 Å². The lowest BCUT2D eigenvalue weighted by molar-refractivity contribution is 1.16. The first kappa shape index (κ1) is 9.99. The monoisotopic (exact) mass is 293 g/mol. The molecular formula is C11H8BrN3S. The Kier molecular flexibility index (Phi) is 2.29. The average Bonchev–Trinajstić information content (AvgIpc) is 2.86. The highest BCUT2D eigenvalue weighted by atomic mass is 79.9. The van der Waals surface area contributed by atoms with Gasteiger partial charge in [-0.2, -0.15) is 0 Å². The molecule has 0 saturated carbocycles. The van der Waals surface area contributed by atoms with Crippen molar-refractivity contribution in [3.8, 4) is 10.7 Å². The van der Waals surface area contributed by atoms with Crippen LogP contribution in [-0.4, -0.2) is 14.4 Å². The van der Waals surface area contributed by atoms with Gasteiger partial charge in [-0.25, -0.2) is 9.97 Å². The van der Waals surface area contributed by atoms with Crippen molar-refractivity contribution in [2.24, 2.45) is 0 Å². The van der Waals surface area contributed by atoms with E-state index < -0.39 is 0 Å². The summed E-state index contributed by atoms with van der Waals surface area (Å²) in [5, 5.41) is 2.91. The zero-order valence-electron chi connectivity index (χ0n) is 8.51. The second-order valence-corrected chi connectivity index (χ2v) is 5.28. The van der Waals surface area contributed by atoms with Crippen LogP contribution < -0.4 is 0 Å². The fourth-order valence-electron chi connectivity index (χ4n) is 1.56. The topological polar surface area (TPSA) is 30.2 Å². The Hall–Kier alpha value is -1.20. The van der Waals surface area contributed by atoms with Gasteiger partial charge in [-0.05, 0) is 34.5 Å². The maximum Gasteiger partial charge on any atom is 0.143 e. The van der Waals surface area contributed by atoms with E-state index in [1.807, 2.05) is 22.2 Å². The minimum Gasteiger partial charge on any atom is -0.305 e. The molecule has 5 heteroatoms. The van der Waals surface area contributed by atoms with Crippen LogP contribution in [0.15, 0.2) is 34.5 Å². The molecule has 0 aromatic carbocycles. The van der Waals surface area contributed by atoms with Crippen LogP contribution in [0.2, 0.25) is 0 Å². The first-order chi connectivity index (χ1) is 7.74. The van der Waals surface area contributed by atoms with Crippen molar-refractivity contribution in [3.63, 3.8) is 0 Å². The number of nitrogens with zero attached hydrogens (tertiary/aromatic N) is 3. The molecule has 0 unspecified atom stereocenters. The molecule has 3 nitrogen and oxygen atoms in total. The van der Waals surface area contributed by atoms with Gasteiger partial charge in [0.1, 0.15) is 16.3 Å². The number of halogens is 1. The molecule has 0 atom stereocenters. The number of thiazole rings is 1. The number of hydrogen-bond acceptors (Lipinski definition) is 3. The molecule has 0 spiro atoms. The zero-order chi connectivity index (χ0) is 11.1. The lowest BCUT2D eigenvalue weighted by Gasteiger charge is -1.98. The summed E-state index contributed by atoms with van der Waals surface area (Å²) < 4.78 is 3.09. The summed E-state index contributed by atoms with van der Waals surface area (Å²) in [6.45, 7) is 2.06. The molecule has 0 fully saturated rings. The highest BCUT2D eigenvalue weighted by Crippen LogP contribution is 2.23. The van der Waals surface area contributed by atoms with E-state index in [4.69, 9.17) is 0 Å². The molecule has 0 aliphatic rings. The van der Waals surface area contributed by atoms with Crippen LogP contribution in [-0.2, 0) is 0 Å². The molecule has 0 bridgehead atoms. The van der Waals surface area contributed by atoms with E-state index in [1.165, 1.54) is 5.56 Å². The Morgan fingerprint density at radius 2 is 2.25 bits per heavy atom. The highest BCUT2D eigenvalue weighted by molar-refractivity contribution is 9.10. The van der Waals surface area contributed by atoms with Crippen LogP contribution in [0.5, 0.6) is 0 Å². The van der Waals surface area contributed by atoms with Gasteiger partial charge in [0.15, 0.2) is 0 Å². The highest BCUT2D eigenvalue weighted by Gasteiger charge is 2.07. The number of rotatable bonds is 1. The van der Waals surface area contributed by atoms with Gasteiger partial charge in [-0.1, -0.05) is 0 Å². The normalized spacial score (nSPS) is 11.1. The number of imidazole rings is 1. The smallest absolute Gasteiger partial charge is 0.143 e. The summed E-state index contributed by atoms with van der Waals surface area (Å²) in [7, 11) is 0. The van der Waals surface area contributed by atoms with E-state index in [0.717, 1.165) is 20.8 Å². The van der Waals surface area contributed by atoms with Crippen LogP contribution in [0, 0.1) is 6.92 Å². The van der Waals surface area contributed by atoms with Crippen molar-refractivity contribution >= 4 is 32.9 Å². The molecule has 0 saturated heterocycles. The molecule has 80 valence electrons. The van der Waals surface area contributed by atoms with Gasteiger partial charge in [0.05, 0.1) is 0 Å². The first-order valence-corrected chi connectivity index (χ1v) is 6.46. The fourth-order valence-corrected chi connectivity index (χ4v) is 2.48. The second-order valence-electron chi connectivity index (χ2n) is 3.53. The summed E-state index contributed by atoms with van der Waals surface area (Å²) >= 11 is 5.11. The lowest BCUT2D eigenvalue weighted by Crippen LogP contribution is -1.85. The van der Waals surface area contributed by atoms with Crippen LogP contribution in [0.25, 0.3) is 16.3 Å². The van der Waals surface area contributed by atoms with Crippen LogP contribution in [0.3, 0.4) is 0 Å². The molecule has 3 aromatic rings. The maximum absolute atomic E-state index is 4.55. The summed E-state index contributed by atoms with van der Waals surface area (Å²) in [6, 6.07) is 2.06. The van der Waals surface area contributed by atoms with Crippen molar-refractivity contribution in [1.82, 2.24) is 14.4 Å². The Labute approximate surface area is 105 Å². The Balaban J connectivity index is 2.23. The van der Waals surface area contributed by atoms with E-state index in [0.29, 0.717) is 0 Å². The summed E-state index contributed by atoms with van der Waals surface area (Å²) in [5.74, 6) is 0. The third-order valence-electron chi connectivity index (χ3n) is 2.39. The number of aromatic nitrogens is 3. The van der Waals surface area contributed by atoms with Crippen LogP contribution in [0.1, 0.15) is 5.56 Å². The summed E-state index contributed by atoms with van der Waals surface area (Å²) in [5.41, 5.74) is 3.06. The van der Waals surface area contributed by atoms with Crippen LogP contribution in [0.4, 0.5) is 0 Å². The molecule has 0 amide bonds.